The van der Waals surface area contributed by atoms with E-state index >= 15 is 0 Å². The average molecular weight is 291 g/mol. The van der Waals surface area contributed by atoms with Gasteiger partial charge in [0.2, 0.25) is 0 Å². The Morgan fingerprint density at radius 1 is 1.15 bits per heavy atom. The maximum absolute atomic E-state index is 13.1. The van der Waals surface area contributed by atoms with Crippen molar-refractivity contribution in [1.82, 2.24) is 15.2 Å². The lowest BCUT2D eigenvalue weighted by molar-refractivity contribution is 0.587. The minimum absolute atomic E-state index is 0.167. The number of hydrogen-bond acceptors (Lipinski definition) is 5. The molecule has 0 radical (unpaired) electrons. The van der Waals surface area contributed by atoms with Crippen molar-refractivity contribution in [3.05, 3.63) is 53.6 Å². The van der Waals surface area contributed by atoms with Gasteiger partial charge < -0.3 is 9.73 Å². The van der Waals surface area contributed by atoms with Crippen LogP contribution in [0.1, 0.15) is 0 Å². The SMILES string of the molecule is Fc1cccc(Nc2nnc(-c3ccc(Cl)nc3)o2)c1. The van der Waals surface area contributed by atoms with Gasteiger partial charge in [0, 0.05) is 11.9 Å². The summed E-state index contributed by atoms with van der Waals surface area (Å²) < 4.78 is 18.5. The highest BCUT2D eigenvalue weighted by atomic mass is 35.5. The molecule has 0 atom stereocenters. The van der Waals surface area contributed by atoms with Gasteiger partial charge in [0.25, 0.3) is 5.89 Å². The standard InChI is InChI=1S/C13H8ClFN4O/c14-11-5-4-8(7-16-11)12-18-19-13(20-12)17-10-3-1-2-9(15)6-10/h1-7H,(H,17,19). The van der Waals surface area contributed by atoms with Gasteiger partial charge in [0.05, 0.1) is 5.56 Å². The van der Waals surface area contributed by atoms with Gasteiger partial charge in [-0.2, -0.15) is 0 Å². The maximum atomic E-state index is 13.1. The third-order valence-electron chi connectivity index (χ3n) is 2.48. The molecule has 0 fully saturated rings. The minimum atomic E-state index is -0.350. The van der Waals surface area contributed by atoms with Crippen LogP contribution in [0.3, 0.4) is 0 Å². The highest BCUT2D eigenvalue weighted by Crippen LogP contribution is 2.22. The second-order valence-electron chi connectivity index (χ2n) is 3.92. The van der Waals surface area contributed by atoms with Crippen molar-refractivity contribution in [3.8, 4) is 11.5 Å². The Hall–Kier alpha value is -2.47. The number of pyridine rings is 1. The molecule has 2 aromatic heterocycles. The summed E-state index contributed by atoms with van der Waals surface area (Å²) in [5.41, 5.74) is 1.17. The first kappa shape index (κ1) is 12.6. The van der Waals surface area contributed by atoms with Crippen LogP contribution in [0.15, 0.2) is 47.0 Å². The zero-order valence-corrected chi connectivity index (χ0v) is 10.8. The van der Waals surface area contributed by atoms with Crippen molar-refractivity contribution >= 4 is 23.3 Å². The van der Waals surface area contributed by atoms with E-state index < -0.39 is 0 Å². The van der Waals surface area contributed by atoms with Crippen molar-refractivity contribution in [2.45, 2.75) is 0 Å². The molecule has 20 heavy (non-hydrogen) atoms. The van der Waals surface area contributed by atoms with E-state index in [2.05, 4.69) is 20.5 Å². The molecule has 7 heteroatoms. The Morgan fingerprint density at radius 2 is 2.05 bits per heavy atom. The Bertz CT molecular complexity index is 729. The first-order valence-corrected chi connectivity index (χ1v) is 6.06. The summed E-state index contributed by atoms with van der Waals surface area (Å²) in [6, 6.07) is 9.46. The predicted octanol–water partition coefficient (Wildman–Crippen LogP) is 3.67. The third-order valence-corrected chi connectivity index (χ3v) is 2.70. The van der Waals surface area contributed by atoms with Gasteiger partial charge in [-0.25, -0.2) is 9.37 Å². The van der Waals surface area contributed by atoms with Crippen LogP contribution in [-0.2, 0) is 0 Å². The van der Waals surface area contributed by atoms with Crippen LogP contribution < -0.4 is 5.32 Å². The van der Waals surface area contributed by atoms with Crippen LogP contribution >= 0.6 is 11.6 Å². The molecule has 0 aliphatic heterocycles. The van der Waals surface area contributed by atoms with Crippen LogP contribution in [0, 0.1) is 5.82 Å². The average Bonchev–Trinajstić information content (AvgIpc) is 2.88. The van der Waals surface area contributed by atoms with Crippen molar-refractivity contribution in [1.29, 1.82) is 0 Å². The summed E-state index contributed by atoms with van der Waals surface area (Å²) in [4.78, 5) is 3.93. The van der Waals surface area contributed by atoms with Crippen LogP contribution in [0.25, 0.3) is 11.5 Å². The van der Waals surface area contributed by atoms with Crippen molar-refractivity contribution in [2.24, 2.45) is 0 Å². The monoisotopic (exact) mass is 290 g/mol. The van der Waals surface area contributed by atoms with Gasteiger partial charge in [-0.15, -0.1) is 5.10 Å². The Morgan fingerprint density at radius 3 is 2.80 bits per heavy atom. The first-order chi connectivity index (χ1) is 9.70. The fraction of sp³-hybridized carbons (Fsp3) is 0. The van der Waals surface area contributed by atoms with Gasteiger partial charge >= 0.3 is 6.01 Å². The van der Waals surface area contributed by atoms with Crippen LogP contribution in [0.4, 0.5) is 16.1 Å². The molecular weight excluding hydrogens is 283 g/mol. The van der Waals surface area contributed by atoms with E-state index in [0.29, 0.717) is 22.3 Å². The van der Waals surface area contributed by atoms with Gasteiger partial charge in [-0.3, -0.25) is 0 Å². The van der Waals surface area contributed by atoms with E-state index in [9.17, 15) is 4.39 Å². The molecule has 0 aliphatic carbocycles. The molecule has 5 nitrogen and oxygen atoms in total. The molecule has 0 unspecified atom stereocenters. The summed E-state index contributed by atoms with van der Waals surface area (Å²) in [5.74, 6) is -0.0512. The predicted molar refractivity (Wildman–Crippen MR) is 72.2 cm³/mol. The summed E-state index contributed by atoms with van der Waals surface area (Å²) in [5, 5.41) is 10.9. The van der Waals surface area contributed by atoms with E-state index in [4.69, 9.17) is 16.0 Å². The minimum Gasteiger partial charge on any atom is -0.403 e. The molecular formula is C13H8ClFN4O. The number of halogens is 2. The quantitative estimate of drug-likeness (QED) is 0.746. The highest BCUT2D eigenvalue weighted by Gasteiger charge is 2.09. The van der Waals surface area contributed by atoms with E-state index in [1.165, 1.54) is 18.3 Å². The van der Waals surface area contributed by atoms with E-state index in [-0.39, 0.29) is 11.8 Å². The second-order valence-corrected chi connectivity index (χ2v) is 4.30. The Balaban J connectivity index is 1.82. The second kappa shape index (κ2) is 5.26. The summed E-state index contributed by atoms with van der Waals surface area (Å²) in [6.45, 7) is 0. The molecule has 3 aromatic rings. The molecule has 0 aliphatic rings. The fourth-order valence-electron chi connectivity index (χ4n) is 1.58. The summed E-state index contributed by atoms with van der Waals surface area (Å²) in [7, 11) is 0. The zero-order chi connectivity index (χ0) is 13.9. The van der Waals surface area contributed by atoms with Crippen molar-refractivity contribution in [2.75, 3.05) is 5.32 Å². The number of benzene rings is 1. The van der Waals surface area contributed by atoms with Crippen LogP contribution in [0.5, 0.6) is 0 Å². The lowest BCUT2D eigenvalue weighted by Crippen LogP contribution is -1.90. The van der Waals surface area contributed by atoms with Crippen molar-refractivity contribution in [3.63, 3.8) is 0 Å². The fourth-order valence-corrected chi connectivity index (χ4v) is 1.69. The number of hydrogen-bond donors (Lipinski definition) is 1. The third kappa shape index (κ3) is 2.75. The molecule has 0 amide bonds. The van der Waals surface area contributed by atoms with E-state index in [0.717, 1.165) is 0 Å². The number of rotatable bonds is 3. The molecule has 1 N–H and O–H groups in total. The number of nitrogens with zero attached hydrogens (tertiary/aromatic N) is 3. The number of nitrogens with one attached hydrogen (secondary N) is 1. The van der Waals surface area contributed by atoms with Crippen LogP contribution in [0.2, 0.25) is 5.15 Å². The molecule has 0 spiro atoms. The summed E-state index contributed by atoms with van der Waals surface area (Å²) in [6.07, 6.45) is 1.53. The zero-order valence-electron chi connectivity index (χ0n) is 10.0. The molecule has 0 bridgehead atoms. The van der Waals surface area contributed by atoms with Crippen molar-refractivity contribution < 1.29 is 8.81 Å². The molecule has 3 rings (SSSR count). The van der Waals surface area contributed by atoms with E-state index in [1.807, 2.05) is 0 Å². The van der Waals surface area contributed by atoms with Gasteiger partial charge in [0.1, 0.15) is 11.0 Å². The normalized spacial score (nSPS) is 10.5. The summed E-state index contributed by atoms with van der Waals surface area (Å²) >= 11 is 5.70. The molecule has 0 saturated heterocycles. The topological polar surface area (TPSA) is 63.8 Å². The van der Waals surface area contributed by atoms with Gasteiger partial charge in [-0.05, 0) is 30.3 Å². The van der Waals surface area contributed by atoms with Gasteiger partial charge in [0.15, 0.2) is 0 Å². The van der Waals surface area contributed by atoms with E-state index in [1.54, 1.807) is 24.3 Å². The molecule has 0 saturated carbocycles. The first-order valence-electron chi connectivity index (χ1n) is 5.69. The molecule has 100 valence electrons. The lowest BCUT2D eigenvalue weighted by Gasteiger charge is -2.00. The lowest BCUT2D eigenvalue weighted by atomic mass is 10.3. The maximum Gasteiger partial charge on any atom is 0.320 e. The van der Waals surface area contributed by atoms with Gasteiger partial charge in [-0.1, -0.05) is 22.8 Å². The molecule has 1 aromatic carbocycles. The Kier molecular flexibility index (Phi) is 3.30. The largest absolute Gasteiger partial charge is 0.403 e. The highest BCUT2D eigenvalue weighted by molar-refractivity contribution is 6.29. The smallest absolute Gasteiger partial charge is 0.320 e. The molecule has 2 heterocycles. The number of aromatic nitrogens is 3. The van der Waals surface area contributed by atoms with Crippen LogP contribution in [-0.4, -0.2) is 15.2 Å². The Labute approximate surface area is 118 Å². The number of anilines is 2.